The summed E-state index contributed by atoms with van der Waals surface area (Å²) in [6.45, 7) is 5.41. The fourth-order valence-corrected chi connectivity index (χ4v) is 5.55. The summed E-state index contributed by atoms with van der Waals surface area (Å²) in [5.41, 5.74) is 2.15. The Kier molecular flexibility index (Phi) is 9.79. The molecule has 11 heteroatoms. The second kappa shape index (κ2) is 13.9. The van der Waals surface area contributed by atoms with Gasteiger partial charge in [-0.1, -0.05) is 0 Å². The number of aromatic amines is 1. The second-order valence-electron chi connectivity index (χ2n) is 10.7. The zero-order chi connectivity index (χ0) is 28.6. The Hall–Kier alpha value is -3.57. The summed E-state index contributed by atoms with van der Waals surface area (Å²) < 4.78 is 26.9. The van der Waals surface area contributed by atoms with Gasteiger partial charge < -0.3 is 29.2 Å². The van der Waals surface area contributed by atoms with Crippen molar-refractivity contribution in [3.63, 3.8) is 0 Å². The topological polar surface area (TPSA) is 110 Å². The quantitative estimate of drug-likeness (QED) is 0.208. The lowest BCUT2D eigenvalue weighted by Crippen LogP contribution is -2.45. The van der Waals surface area contributed by atoms with E-state index in [-0.39, 0.29) is 18.1 Å². The van der Waals surface area contributed by atoms with Crippen LogP contribution in [0.25, 0.3) is 33.5 Å². The van der Waals surface area contributed by atoms with E-state index in [4.69, 9.17) is 14.5 Å². The summed E-state index contributed by atoms with van der Waals surface area (Å²) in [5, 5.41) is 4.85. The second-order valence-corrected chi connectivity index (χ2v) is 10.7. The van der Waals surface area contributed by atoms with E-state index in [1.807, 2.05) is 26.2 Å². The molecule has 4 aromatic heterocycles. The number of carbonyl (C=O) groups is 1. The zero-order valence-corrected chi connectivity index (χ0v) is 23.9. The van der Waals surface area contributed by atoms with Gasteiger partial charge in [0.2, 0.25) is 0 Å². The number of carbonyl (C=O) groups excluding carboxylic acids is 1. The van der Waals surface area contributed by atoms with E-state index in [1.165, 1.54) is 12.3 Å². The van der Waals surface area contributed by atoms with Crippen LogP contribution in [0.4, 0.5) is 9.18 Å². The highest BCUT2D eigenvalue weighted by Crippen LogP contribution is 2.33. The first-order valence-corrected chi connectivity index (χ1v) is 14.7. The fraction of sp³-hybridized carbons (Fsp3) is 0.533. The molecule has 4 aromatic rings. The molecule has 10 nitrogen and oxygen atoms in total. The van der Waals surface area contributed by atoms with Crippen molar-refractivity contribution < 1.29 is 18.7 Å². The molecule has 0 spiro atoms. The number of aromatic nitrogens is 5. The van der Waals surface area contributed by atoms with Crippen LogP contribution in [0.2, 0.25) is 0 Å². The number of ether oxygens (including phenoxy) is 2. The molecule has 1 saturated carbocycles. The van der Waals surface area contributed by atoms with Gasteiger partial charge in [-0.05, 0) is 64.0 Å². The summed E-state index contributed by atoms with van der Waals surface area (Å²) in [7, 11) is 1.86. The largest absolute Gasteiger partial charge is 0.379 e. The molecule has 0 bridgehead atoms. The van der Waals surface area contributed by atoms with Crippen molar-refractivity contribution in [1.29, 1.82) is 0 Å². The maximum atomic E-state index is 13.9. The minimum Gasteiger partial charge on any atom is -0.379 e. The molecule has 5 rings (SSSR count). The van der Waals surface area contributed by atoms with Crippen molar-refractivity contribution in [3.05, 3.63) is 42.7 Å². The number of fused-ring (bicyclic) bond motifs is 2. The average Bonchev–Trinajstić information content (AvgIpc) is 3.60. The molecule has 4 heterocycles. The number of rotatable bonds is 13. The highest BCUT2D eigenvalue weighted by Gasteiger charge is 2.26. The third-order valence-corrected chi connectivity index (χ3v) is 7.77. The highest BCUT2D eigenvalue weighted by atomic mass is 19.1. The smallest absolute Gasteiger partial charge is 0.317 e. The number of halogens is 1. The summed E-state index contributed by atoms with van der Waals surface area (Å²) in [6.07, 6.45) is 13.6. The lowest BCUT2D eigenvalue weighted by Gasteiger charge is -2.32. The molecule has 1 aliphatic rings. The van der Waals surface area contributed by atoms with Gasteiger partial charge in [-0.3, -0.25) is 0 Å². The van der Waals surface area contributed by atoms with Crippen molar-refractivity contribution in [2.24, 2.45) is 0 Å². The Morgan fingerprint density at radius 2 is 2.05 bits per heavy atom. The average molecular weight is 566 g/mol. The first-order valence-electron chi connectivity index (χ1n) is 14.7. The van der Waals surface area contributed by atoms with Gasteiger partial charge in [-0.25, -0.2) is 24.1 Å². The monoisotopic (exact) mass is 565 g/mol. The summed E-state index contributed by atoms with van der Waals surface area (Å²) >= 11 is 0. The number of urea groups is 1. The number of unbranched alkanes of at least 4 members (excludes halogenated alkanes) is 2. The lowest BCUT2D eigenvalue weighted by atomic mass is 9.91. The molecule has 0 aliphatic heterocycles. The van der Waals surface area contributed by atoms with Crippen LogP contribution in [0, 0.1) is 5.82 Å². The van der Waals surface area contributed by atoms with E-state index < -0.39 is 5.82 Å². The molecule has 220 valence electrons. The van der Waals surface area contributed by atoms with Gasteiger partial charge in [-0.2, -0.15) is 0 Å². The lowest BCUT2D eigenvalue weighted by molar-refractivity contribution is 0.0512. The van der Waals surface area contributed by atoms with Gasteiger partial charge in [0.05, 0.1) is 19.4 Å². The molecule has 2 atom stereocenters. The molecule has 0 aromatic carbocycles. The van der Waals surface area contributed by atoms with E-state index in [1.54, 1.807) is 11.1 Å². The Bertz CT molecular complexity index is 1440. The number of hydrogen-bond donors (Lipinski definition) is 2. The summed E-state index contributed by atoms with van der Waals surface area (Å²) in [4.78, 5) is 31.3. The predicted octanol–water partition coefficient (Wildman–Crippen LogP) is 5.46. The molecule has 2 N–H and O–H groups in total. The summed E-state index contributed by atoms with van der Waals surface area (Å²) in [5.74, 6) is 0.123. The van der Waals surface area contributed by atoms with Crippen molar-refractivity contribution in [2.45, 2.75) is 64.0 Å². The third-order valence-electron chi connectivity index (χ3n) is 7.77. The molecule has 1 aliphatic carbocycles. The highest BCUT2D eigenvalue weighted by molar-refractivity contribution is 5.92. The molecule has 0 unspecified atom stereocenters. The number of nitrogens with one attached hydrogen (secondary N) is 2. The van der Waals surface area contributed by atoms with Crippen LogP contribution in [0.15, 0.2) is 36.9 Å². The van der Waals surface area contributed by atoms with E-state index in [0.717, 1.165) is 69.1 Å². The van der Waals surface area contributed by atoms with Crippen molar-refractivity contribution in [3.8, 4) is 11.4 Å². The standard InChI is InChI=1S/C30H40FN7O3/c1-3-40-14-15-41-13-6-4-5-11-37(2)30(39)35-23-8-7-9-24(17-23)38-12-10-21-18-32-28(36-29(21)38)26-20-34-27-25(26)16-22(31)19-33-27/h10,12,16,18-20,23-24H,3-9,11,13-15,17H2,1-2H3,(H,33,34)(H,35,39)/t23-,24+/m1/s1. The Balaban J connectivity index is 1.15. The van der Waals surface area contributed by atoms with E-state index in [0.29, 0.717) is 42.2 Å². The van der Waals surface area contributed by atoms with Crippen LogP contribution in [0.3, 0.4) is 0 Å². The van der Waals surface area contributed by atoms with E-state index >= 15 is 0 Å². The Labute approximate surface area is 239 Å². The third kappa shape index (κ3) is 7.20. The van der Waals surface area contributed by atoms with Crippen molar-refractivity contribution >= 4 is 28.1 Å². The molecule has 1 fully saturated rings. The van der Waals surface area contributed by atoms with Crippen molar-refractivity contribution in [2.75, 3.05) is 40.0 Å². The Morgan fingerprint density at radius 1 is 1.17 bits per heavy atom. The van der Waals surface area contributed by atoms with Gasteiger partial charge in [0.1, 0.15) is 17.1 Å². The number of pyridine rings is 1. The first kappa shape index (κ1) is 28.9. The van der Waals surface area contributed by atoms with E-state index in [2.05, 4.69) is 31.0 Å². The number of nitrogens with zero attached hydrogens (tertiary/aromatic N) is 5. The maximum absolute atomic E-state index is 13.9. The van der Waals surface area contributed by atoms with Gasteiger partial charge >= 0.3 is 6.03 Å². The molecule has 0 radical (unpaired) electrons. The maximum Gasteiger partial charge on any atom is 0.317 e. The zero-order valence-electron chi connectivity index (χ0n) is 23.9. The Morgan fingerprint density at radius 3 is 2.93 bits per heavy atom. The predicted molar refractivity (Wildman–Crippen MR) is 156 cm³/mol. The van der Waals surface area contributed by atoms with Gasteiger partial charge in [-0.15, -0.1) is 0 Å². The molecular formula is C30H40FN7O3. The molecular weight excluding hydrogens is 525 g/mol. The molecule has 0 saturated heterocycles. The van der Waals surface area contributed by atoms with Crippen LogP contribution in [0.1, 0.15) is 57.9 Å². The van der Waals surface area contributed by atoms with Crippen LogP contribution in [0.5, 0.6) is 0 Å². The number of H-pyrrole nitrogens is 1. The van der Waals surface area contributed by atoms with Crippen molar-refractivity contribution in [1.82, 2.24) is 34.7 Å². The number of hydrogen-bond acceptors (Lipinski definition) is 6. The van der Waals surface area contributed by atoms with Crippen LogP contribution in [-0.2, 0) is 9.47 Å². The minimum absolute atomic E-state index is 0.0224. The number of amides is 2. The van der Waals surface area contributed by atoms with Crippen LogP contribution >= 0.6 is 0 Å². The minimum atomic E-state index is -0.401. The van der Waals surface area contributed by atoms with Gasteiger partial charge in [0, 0.05) is 73.8 Å². The fourth-order valence-electron chi connectivity index (χ4n) is 5.55. The van der Waals surface area contributed by atoms with Gasteiger partial charge in [0.15, 0.2) is 5.82 Å². The SMILES string of the molecule is CCOCCOCCCCCN(C)C(=O)N[C@@H]1CCC[C@H](n2ccc3cnc(-c4c[nH]c5ncc(F)cc45)nc32)C1. The van der Waals surface area contributed by atoms with Gasteiger partial charge in [0.25, 0.3) is 0 Å². The normalized spacial score (nSPS) is 17.3. The molecule has 41 heavy (non-hydrogen) atoms. The molecule has 2 amide bonds. The summed E-state index contributed by atoms with van der Waals surface area (Å²) in [6, 6.07) is 3.76. The first-order chi connectivity index (χ1) is 20.0. The van der Waals surface area contributed by atoms with Crippen LogP contribution < -0.4 is 5.32 Å². The van der Waals surface area contributed by atoms with Crippen LogP contribution in [-0.4, -0.2) is 81.5 Å². The van der Waals surface area contributed by atoms with E-state index in [9.17, 15) is 9.18 Å².